The molecule has 6 nitrogen and oxygen atoms in total. The molecule has 1 aliphatic heterocycles. The maximum atomic E-state index is 12.3. The third-order valence-electron chi connectivity index (χ3n) is 3.69. The molecular weight excluding hydrogens is 359 g/mol. The minimum Gasteiger partial charge on any atom is -0.345 e. The number of nitrogens with one attached hydrogen (secondary N) is 2. The van der Waals surface area contributed by atoms with Crippen LogP contribution < -0.4 is 10.6 Å². The number of carbonyl (C=O) groups excluding carboxylic acids is 3. The molecule has 2 rings (SSSR count). The van der Waals surface area contributed by atoms with Crippen LogP contribution in [0.15, 0.2) is 17.5 Å². The Labute approximate surface area is 146 Å². The average Bonchev–Trinajstić information content (AvgIpc) is 3.20. The van der Waals surface area contributed by atoms with E-state index in [1.165, 1.54) is 16.2 Å². The minimum atomic E-state index is -4.50. The number of alkyl halides is 3. The predicted molar refractivity (Wildman–Crippen MR) is 84.8 cm³/mol. The van der Waals surface area contributed by atoms with Gasteiger partial charge in [0.15, 0.2) is 0 Å². The van der Waals surface area contributed by atoms with Crippen molar-refractivity contribution >= 4 is 29.1 Å². The smallest absolute Gasteiger partial charge is 0.345 e. The van der Waals surface area contributed by atoms with Crippen molar-refractivity contribution in [2.45, 2.75) is 31.5 Å². The van der Waals surface area contributed by atoms with E-state index in [4.69, 9.17) is 0 Å². The van der Waals surface area contributed by atoms with Crippen molar-refractivity contribution in [3.8, 4) is 0 Å². The van der Waals surface area contributed by atoms with E-state index in [0.29, 0.717) is 19.4 Å². The van der Waals surface area contributed by atoms with Crippen molar-refractivity contribution in [1.82, 2.24) is 15.5 Å². The molecule has 0 aliphatic carbocycles. The molecule has 0 saturated carbocycles. The second-order valence-electron chi connectivity index (χ2n) is 5.61. The summed E-state index contributed by atoms with van der Waals surface area (Å²) >= 11 is 1.45. The third kappa shape index (κ3) is 6.04. The van der Waals surface area contributed by atoms with Crippen LogP contribution in [0.1, 0.15) is 17.7 Å². The zero-order valence-corrected chi connectivity index (χ0v) is 14.1. The van der Waals surface area contributed by atoms with E-state index in [0.717, 1.165) is 4.88 Å². The van der Waals surface area contributed by atoms with Crippen LogP contribution in [0.3, 0.4) is 0 Å². The lowest BCUT2D eigenvalue weighted by Crippen LogP contribution is -2.49. The van der Waals surface area contributed by atoms with E-state index >= 15 is 0 Å². The normalized spacial score (nSPS) is 17.4. The van der Waals surface area contributed by atoms with Gasteiger partial charge < -0.3 is 15.5 Å². The zero-order chi connectivity index (χ0) is 18.4. The van der Waals surface area contributed by atoms with Gasteiger partial charge in [0, 0.05) is 11.4 Å². The first-order valence-corrected chi connectivity index (χ1v) is 8.57. The number of nitrogens with zero attached hydrogens (tertiary/aromatic N) is 1. The molecule has 1 aliphatic rings. The topological polar surface area (TPSA) is 78.5 Å². The fraction of sp³-hybridized carbons (Fsp3) is 0.533. The van der Waals surface area contributed by atoms with Gasteiger partial charge in [-0.25, -0.2) is 0 Å². The van der Waals surface area contributed by atoms with Crippen LogP contribution in [0.5, 0.6) is 0 Å². The molecular formula is C15H18F3N3O3S. The van der Waals surface area contributed by atoms with E-state index < -0.39 is 37.1 Å². The number of rotatable bonds is 6. The summed E-state index contributed by atoms with van der Waals surface area (Å²) in [5, 5.41) is 5.83. The van der Waals surface area contributed by atoms with Crippen LogP contribution in [-0.2, 0) is 20.8 Å². The van der Waals surface area contributed by atoms with Gasteiger partial charge in [0.1, 0.15) is 12.6 Å². The van der Waals surface area contributed by atoms with Gasteiger partial charge in [-0.3, -0.25) is 14.4 Å². The highest BCUT2D eigenvalue weighted by Crippen LogP contribution is 2.20. The summed E-state index contributed by atoms with van der Waals surface area (Å²) in [5.74, 6) is -1.64. The Bertz CT molecular complexity index is 619. The molecule has 1 atom stereocenters. The Hall–Kier alpha value is -2.10. The molecule has 1 saturated heterocycles. The van der Waals surface area contributed by atoms with Gasteiger partial charge in [-0.1, -0.05) is 6.07 Å². The number of hydrogen-bond acceptors (Lipinski definition) is 4. The number of thiophene rings is 1. The van der Waals surface area contributed by atoms with Crippen molar-refractivity contribution in [2.24, 2.45) is 0 Å². The van der Waals surface area contributed by atoms with E-state index in [-0.39, 0.29) is 12.3 Å². The van der Waals surface area contributed by atoms with Crippen molar-refractivity contribution in [2.75, 3.05) is 19.6 Å². The molecule has 0 aromatic carbocycles. The quantitative estimate of drug-likeness (QED) is 0.779. The summed E-state index contributed by atoms with van der Waals surface area (Å²) < 4.78 is 36.0. The molecule has 1 unspecified atom stereocenters. The first-order valence-electron chi connectivity index (χ1n) is 7.69. The van der Waals surface area contributed by atoms with Gasteiger partial charge in [-0.15, -0.1) is 11.3 Å². The van der Waals surface area contributed by atoms with Crippen LogP contribution in [0.2, 0.25) is 0 Å². The number of likely N-dealkylation sites (tertiary alicyclic amines) is 1. The monoisotopic (exact) mass is 377 g/mol. The van der Waals surface area contributed by atoms with Crippen molar-refractivity contribution in [1.29, 1.82) is 0 Å². The highest BCUT2D eigenvalue weighted by molar-refractivity contribution is 7.10. The van der Waals surface area contributed by atoms with Gasteiger partial charge >= 0.3 is 6.18 Å². The molecule has 2 N–H and O–H groups in total. The highest BCUT2D eigenvalue weighted by atomic mass is 32.1. The number of carbonyl (C=O) groups is 3. The third-order valence-corrected chi connectivity index (χ3v) is 4.57. The van der Waals surface area contributed by atoms with Gasteiger partial charge in [0.25, 0.3) is 0 Å². The van der Waals surface area contributed by atoms with E-state index in [1.807, 2.05) is 17.5 Å². The maximum Gasteiger partial charge on any atom is 0.405 e. The molecule has 3 amide bonds. The summed E-state index contributed by atoms with van der Waals surface area (Å²) in [5.41, 5.74) is 0. The van der Waals surface area contributed by atoms with Crippen LogP contribution >= 0.6 is 11.3 Å². The molecule has 1 aromatic rings. The lowest BCUT2D eigenvalue weighted by molar-refractivity contribution is -0.140. The summed E-state index contributed by atoms with van der Waals surface area (Å²) in [6.07, 6.45) is -3.18. The SMILES string of the molecule is O=C(CNC(=O)C1CCCN1C(=O)Cc1cccs1)NCC(F)(F)F. The predicted octanol–water partition coefficient (Wildman–Crippen LogP) is 1.08. The largest absolute Gasteiger partial charge is 0.405 e. The van der Waals surface area contributed by atoms with Gasteiger partial charge in [-0.05, 0) is 24.3 Å². The Kier molecular flexibility index (Phi) is 6.40. The summed E-state index contributed by atoms with van der Waals surface area (Å²) in [7, 11) is 0. The van der Waals surface area contributed by atoms with Crippen LogP contribution in [0.25, 0.3) is 0 Å². The van der Waals surface area contributed by atoms with Crippen LogP contribution in [0, 0.1) is 0 Å². The maximum absolute atomic E-state index is 12.3. The molecule has 0 bridgehead atoms. The molecule has 2 heterocycles. The molecule has 10 heteroatoms. The average molecular weight is 377 g/mol. The molecule has 0 radical (unpaired) electrons. The molecule has 138 valence electrons. The number of halogens is 3. The van der Waals surface area contributed by atoms with Gasteiger partial charge in [0.2, 0.25) is 17.7 Å². The van der Waals surface area contributed by atoms with Crippen molar-refractivity contribution in [3.63, 3.8) is 0 Å². The van der Waals surface area contributed by atoms with Crippen molar-refractivity contribution in [3.05, 3.63) is 22.4 Å². The van der Waals surface area contributed by atoms with Crippen LogP contribution in [-0.4, -0.2) is 54.5 Å². The summed E-state index contributed by atoms with van der Waals surface area (Å²) in [6, 6.07) is 2.97. The Morgan fingerprint density at radius 3 is 2.68 bits per heavy atom. The fourth-order valence-corrected chi connectivity index (χ4v) is 3.24. The highest BCUT2D eigenvalue weighted by Gasteiger charge is 2.34. The first-order chi connectivity index (χ1) is 11.8. The lowest BCUT2D eigenvalue weighted by Gasteiger charge is -2.23. The van der Waals surface area contributed by atoms with Crippen molar-refractivity contribution < 1.29 is 27.6 Å². The Morgan fingerprint density at radius 1 is 1.28 bits per heavy atom. The lowest BCUT2D eigenvalue weighted by atomic mass is 10.2. The standard InChI is InChI=1S/C15H18F3N3O3S/c16-15(17,18)9-20-12(22)8-19-14(24)11-4-1-5-21(11)13(23)7-10-3-2-6-25-10/h2-3,6,11H,1,4-5,7-9H2,(H,19,24)(H,20,22). The van der Waals surface area contributed by atoms with Gasteiger partial charge in [-0.2, -0.15) is 13.2 Å². The van der Waals surface area contributed by atoms with E-state index in [2.05, 4.69) is 5.32 Å². The van der Waals surface area contributed by atoms with Gasteiger partial charge in [0.05, 0.1) is 13.0 Å². The Morgan fingerprint density at radius 2 is 2.04 bits per heavy atom. The number of amides is 3. The number of hydrogen-bond donors (Lipinski definition) is 2. The molecule has 0 spiro atoms. The molecule has 1 fully saturated rings. The second-order valence-corrected chi connectivity index (χ2v) is 6.64. The zero-order valence-electron chi connectivity index (χ0n) is 13.3. The molecule has 1 aromatic heterocycles. The summed E-state index contributed by atoms with van der Waals surface area (Å²) in [6.45, 7) is -1.56. The van der Waals surface area contributed by atoms with E-state index in [9.17, 15) is 27.6 Å². The first kappa shape index (κ1) is 19.2. The minimum absolute atomic E-state index is 0.179. The second kappa shape index (κ2) is 8.32. The Balaban J connectivity index is 1.81. The summed E-state index contributed by atoms with van der Waals surface area (Å²) in [4.78, 5) is 38.2. The van der Waals surface area contributed by atoms with Crippen LogP contribution in [0.4, 0.5) is 13.2 Å². The molecule has 25 heavy (non-hydrogen) atoms. The fourth-order valence-electron chi connectivity index (χ4n) is 2.55. The van der Waals surface area contributed by atoms with E-state index in [1.54, 1.807) is 5.32 Å².